The summed E-state index contributed by atoms with van der Waals surface area (Å²) in [6, 6.07) is 15.1. The van der Waals surface area contributed by atoms with Gasteiger partial charge in [0.2, 0.25) is 5.91 Å². The van der Waals surface area contributed by atoms with Gasteiger partial charge in [0, 0.05) is 20.0 Å². The average molecular weight is 444 g/mol. The van der Waals surface area contributed by atoms with E-state index in [1.165, 1.54) is 16.7 Å². The summed E-state index contributed by atoms with van der Waals surface area (Å²) in [5.41, 5.74) is 6.93. The van der Waals surface area contributed by atoms with Crippen molar-refractivity contribution in [2.45, 2.75) is 59.4 Å². The van der Waals surface area contributed by atoms with Crippen LogP contribution in [0.3, 0.4) is 0 Å². The Morgan fingerprint density at radius 3 is 2.36 bits per heavy atom. The molecule has 4 nitrogen and oxygen atoms in total. The number of amides is 1. The van der Waals surface area contributed by atoms with Crippen molar-refractivity contribution in [2.75, 3.05) is 13.1 Å². The van der Waals surface area contributed by atoms with Crippen molar-refractivity contribution >= 4 is 17.4 Å². The third-order valence-electron chi connectivity index (χ3n) is 6.55. The smallest absolute Gasteiger partial charge is 0.217 e. The predicted octanol–water partition coefficient (Wildman–Crippen LogP) is 6.33. The van der Waals surface area contributed by atoms with Gasteiger partial charge in [-0.25, -0.2) is 4.99 Å². The molecule has 1 N–H and O–H groups in total. The second kappa shape index (κ2) is 11.1. The molecule has 0 bridgehead atoms. The molecule has 0 aliphatic carbocycles. The summed E-state index contributed by atoms with van der Waals surface area (Å²) >= 11 is 0. The first-order valence-electron chi connectivity index (χ1n) is 11.9. The number of piperidine rings is 1. The van der Waals surface area contributed by atoms with Crippen LogP contribution >= 0.6 is 0 Å². The molecule has 0 radical (unpaired) electrons. The molecule has 2 aromatic carbocycles. The summed E-state index contributed by atoms with van der Waals surface area (Å²) < 4.78 is 0. The minimum absolute atomic E-state index is 0.00209. The molecule has 174 valence electrons. The van der Waals surface area contributed by atoms with Crippen molar-refractivity contribution in [1.82, 2.24) is 10.2 Å². The number of hydrogen-bond donors (Lipinski definition) is 1. The van der Waals surface area contributed by atoms with E-state index in [4.69, 9.17) is 4.99 Å². The lowest BCUT2D eigenvalue weighted by molar-refractivity contribution is -0.119. The van der Waals surface area contributed by atoms with E-state index >= 15 is 0 Å². The zero-order valence-corrected chi connectivity index (χ0v) is 20.7. The first-order chi connectivity index (χ1) is 15.8. The highest BCUT2D eigenvalue weighted by molar-refractivity contribution is 5.96. The number of hydrogen-bond acceptors (Lipinski definition) is 2. The van der Waals surface area contributed by atoms with Gasteiger partial charge in [-0.1, -0.05) is 49.1 Å². The quantitative estimate of drug-likeness (QED) is 0.419. The standard InChI is InChI=1S/C29H37N3O/c1-7-8-29(31-23(5)28-10-9-20(2)21(3)19-28)32-17-15-27(16-18-32)26-13-11-25(12-14-26)22(4)30-24(6)33/h7-14,19,22,27H,5,15-18H2,1-4,6H3,(H,30,33)/b8-7-,31-29+/t22-/m0/s1. The Kier molecular flexibility index (Phi) is 8.26. The van der Waals surface area contributed by atoms with Gasteiger partial charge in [0.15, 0.2) is 0 Å². The molecule has 1 fully saturated rings. The molecular formula is C29H37N3O. The lowest BCUT2D eigenvalue weighted by Gasteiger charge is -2.34. The molecule has 1 aliphatic heterocycles. The van der Waals surface area contributed by atoms with E-state index in [0.29, 0.717) is 5.92 Å². The first kappa shape index (κ1) is 24.5. The van der Waals surface area contributed by atoms with Crippen LogP contribution < -0.4 is 5.32 Å². The molecule has 2 aromatic rings. The van der Waals surface area contributed by atoms with Gasteiger partial charge in [0.05, 0.1) is 11.7 Å². The van der Waals surface area contributed by atoms with E-state index in [-0.39, 0.29) is 11.9 Å². The maximum Gasteiger partial charge on any atom is 0.217 e. The highest BCUT2D eigenvalue weighted by Gasteiger charge is 2.22. The van der Waals surface area contributed by atoms with Crippen LogP contribution in [-0.2, 0) is 4.79 Å². The van der Waals surface area contributed by atoms with Gasteiger partial charge < -0.3 is 10.2 Å². The van der Waals surface area contributed by atoms with Crippen LogP contribution in [0, 0.1) is 13.8 Å². The van der Waals surface area contributed by atoms with Crippen molar-refractivity contribution in [3.05, 3.63) is 89.0 Å². The van der Waals surface area contributed by atoms with Gasteiger partial charge in [0.1, 0.15) is 5.84 Å². The predicted molar refractivity (Wildman–Crippen MR) is 139 cm³/mol. The summed E-state index contributed by atoms with van der Waals surface area (Å²) in [7, 11) is 0. The molecule has 1 aliphatic rings. The van der Waals surface area contributed by atoms with Crippen molar-refractivity contribution in [1.29, 1.82) is 0 Å². The number of benzene rings is 2. The average Bonchev–Trinajstić information content (AvgIpc) is 2.80. The van der Waals surface area contributed by atoms with Crippen LogP contribution in [0.25, 0.3) is 5.70 Å². The van der Waals surface area contributed by atoms with Crippen LogP contribution in [-0.4, -0.2) is 29.7 Å². The molecule has 1 atom stereocenters. The summed E-state index contributed by atoms with van der Waals surface area (Å²) in [4.78, 5) is 18.6. The fourth-order valence-corrected chi connectivity index (χ4v) is 4.37. The van der Waals surface area contributed by atoms with Gasteiger partial charge in [-0.05, 0) is 86.4 Å². The second-order valence-corrected chi connectivity index (χ2v) is 9.07. The Balaban J connectivity index is 1.66. The monoisotopic (exact) mass is 443 g/mol. The third kappa shape index (κ3) is 6.44. The molecule has 33 heavy (non-hydrogen) atoms. The molecule has 0 spiro atoms. The SMILES string of the molecule is C=C(/N=C(\C=C/C)N1CCC(c2ccc([C@H](C)NC(C)=O)cc2)CC1)c1ccc(C)c(C)c1. The largest absolute Gasteiger partial charge is 0.357 e. The van der Waals surface area contributed by atoms with E-state index < -0.39 is 0 Å². The molecule has 0 saturated carbocycles. The number of aryl methyl sites for hydroxylation is 2. The van der Waals surface area contributed by atoms with E-state index in [1.807, 2.05) is 19.9 Å². The lowest BCUT2D eigenvalue weighted by Crippen LogP contribution is -2.37. The van der Waals surface area contributed by atoms with E-state index in [0.717, 1.165) is 48.6 Å². The Bertz CT molecular complexity index is 1040. The third-order valence-corrected chi connectivity index (χ3v) is 6.55. The summed E-state index contributed by atoms with van der Waals surface area (Å²) in [6.45, 7) is 16.0. The number of aliphatic imine (C=N–C) groups is 1. The number of likely N-dealkylation sites (tertiary alicyclic amines) is 1. The lowest BCUT2D eigenvalue weighted by atomic mass is 9.88. The maximum atomic E-state index is 11.3. The number of nitrogens with zero attached hydrogens (tertiary/aromatic N) is 2. The first-order valence-corrected chi connectivity index (χ1v) is 11.9. The zero-order chi connectivity index (χ0) is 24.0. The Hall–Kier alpha value is -3.14. The summed E-state index contributed by atoms with van der Waals surface area (Å²) in [5, 5.41) is 2.95. The molecule has 4 heteroatoms. The second-order valence-electron chi connectivity index (χ2n) is 9.07. The normalized spacial score (nSPS) is 16.2. The van der Waals surface area contributed by atoms with Gasteiger partial charge in [-0.2, -0.15) is 0 Å². The van der Waals surface area contributed by atoms with Crippen LogP contribution in [0.5, 0.6) is 0 Å². The molecule has 0 unspecified atom stereocenters. The van der Waals surface area contributed by atoms with Crippen molar-refractivity contribution < 1.29 is 4.79 Å². The fraction of sp³-hybridized carbons (Fsp3) is 0.379. The minimum atomic E-state index is -0.00209. The summed E-state index contributed by atoms with van der Waals surface area (Å²) in [5.74, 6) is 1.53. The number of allylic oxidation sites excluding steroid dienone is 1. The highest BCUT2D eigenvalue weighted by Crippen LogP contribution is 2.30. The van der Waals surface area contributed by atoms with Crippen LogP contribution in [0.1, 0.15) is 73.4 Å². The van der Waals surface area contributed by atoms with E-state index in [2.05, 4.69) is 79.2 Å². The van der Waals surface area contributed by atoms with E-state index in [1.54, 1.807) is 6.92 Å². The number of carbonyl (C=O) groups excluding carboxylic acids is 1. The zero-order valence-electron chi connectivity index (χ0n) is 20.7. The molecule has 3 rings (SSSR count). The van der Waals surface area contributed by atoms with Crippen LogP contribution in [0.2, 0.25) is 0 Å². The number of carbonyl (C=O) groups is 1. The summed E-state index contributed by atoms with van der Waals surface area (Å²) in [6.07, 6.45) is 6.32. The molecular weight excluding hydrogens is 406 g/mol. The Morgan fingerprint density at radius 2 is 1.79 bits per heavy atom. The van der Waals surface area contributed by atoms with Gasteiger partial charge in [0.25, 0.3) is 0 Å². The molecule has 1 saturated heterocycles. The van der Waals surface area contributed by atoms with Crippen molar-refractivity contribution in [2.24, 2.45) is 4.99 Å². The number of rotatable bonds is 6. The van der Waals surface area contributed by atoms with Crippen LogP contribution in [0.15, 0.2) is 66.2 Å². The Labute approximate surface area is 199 Å². The molecule has 1 heterocycles. The topological polar surface area (TPSA) is 44.7 Å². The van der Waals surface area contributed by atoms with Crippen LogP contribution in [0.4, 0.5) is 0 Å². The van der Waals surface area contributed by atoms with Crippen molar-refractivity contribution in [3.63, 3.8) is 0 Å². The molecule has 0 aromatic heterocycles. The maximum absolute atomic E-state index is 11.3. The Morgan fingerprint density at radius 1 is 1.12 bits per heavy atom. The van der Waals surface area contributed by atoms with Gasteiger partial charge in [-0.3, -0.25) is 4.79 Å². The molecule has 1 amide bonds. The van der Waals surface area contributed by atoms with Gasteiger partial charge in [-0.15, -0.1) is 0 Å². The highest BCUT2D eigenvalue weighted by atomic mass is 16.1. The van der Waals surface area contributed by atoms with E-state index in [9.17, 15) is 4.79 Å². The van der Waals surface area contributed by atoms with Gasteiger partial charge >= 0.3 is 0 Å². The fourth-order valence-electron chi connectivity index (χ4n) is 4.37. The minimum Gasteiger partial charge on any atom is -0.357 e. The number of amidine groups is 1. The van der Waals surface area contributed by atoms with Crippen molar-refractivity contribution in [3.8, 4) is 0 Å². The number of nitrogens with one attached hydrogen (secondary N) is 1.